The first-order valence-corrected chi connectivity index (χ1v) is 8.62. The van der Waals surface area contributed by atoms with Crippen LogP contribution >= 0.6 is 0 Å². The monoisotopic (exact) mass is 342 g/mol. The highest BCUT2D eigenvalue weighted by molar-refractivity contribution is 5.87. The van der Waals surface area contributed by atoms with Gasteiger partial charge in [0.2, 0.25) is 0 Å². The lowest BCUT2D eigenvalue weighted by Gasteiger charge is -2.14. The second kappa shape index (κ2) is 6.43. The molecule has 3 aromatic rings. The van der Waals surface area contributed by atoms with Crippen molar-refractivity contribution < 1.29 is 8.78 Å². The zero-order chi connectivity index (χ0) is 17.4. The fraction of sp³-hybridized carbons (Fsp3) is 0.368. The highest BCUT2D eigenvalue weighted by Gasteiger charge is 2.24. The zero-order valence-electron chi connectivity index (χ0n) is 14.0. The van der Waals surface area contributed by atoms with Crippen LogP contribution in [-0.4, -0.2) is 14.5 Å². The molecule has 0 spiro atoms. The van der Waals surface area contributed by atoms with Crippen LogP contribution in [0.15, 0.2) is 36.8 Å². The second-order valence-electron chi connectivity index (χ2n) is 6.81. The third-order valence-electron chi connectivity index (χ3n) is 5.06. The Balaban J connectivity index is 1.61. The van der Waals surface area contributed by atoms with Crippen LogP contribution < -0.4 is 5.32 Å². The summed E-state index contributed by atoms with van der Waals surface area (Å²) in [6.45, 7) is 2.31. The Kier molecular flexibility index (Phi) is 4.11. The molecule has 2 atom stereocenters. The van der Waals surface area contributed by atoms with Gasteiger partial charge in [-0.3, -0.25) is 0 Å². The van der Waals surface area contributed by atoms with Gasteiger partial charge in [-0.25, -0.2) is 18.7 Å². The molecule has 0 saturated heterocycles. The lowest BCUT2D eigenvalue weighted by atomic mass is 10.1. The van der Waals surface area contributed by atoms with Crippen LogP contribution in [-0.2, 0) is 6.54 Å². The number of nitrogens with one attached hydrogen (secondary N) is 1. The number of halogens is 2. The standard InChI is InChI=1S/C19H20F2N4/c1-12-5-6-13(9-12)25-8-7-14-18(23-11-24-19(14)25)22-10-15-16(20)3-2-4-17(15)21/h2-4,7-8,11-13H,5-6,9-10H2,1H3,(H,22,23,24)/t12-,13-/m0/s1. The zero-order valence-corrected chi connectivity index (χ0v) is 14.0. The van der Waals surface area contributed by atoms with Crippen molar-refractivity contribution in [3.05, 3.63) is 54.0 Å². The number of anilines is 1. The Morgan fingerprint density at radius 3 is 2.68 bits per heavy atom. The lowest BCUT2D eigenvalue weighted by molar-refractivity contribution is 0.504. The first-order valence-electron chi connectivity index (χ1n) is 8.62. The molecule has 6 heteroatoms. The van der Waals surface area contributed by atoms with Gasteiger partial charge in [0.15, 0.2) is 0 Å². The molecule has 1 aliphatic carbocycles. The van der Waals surface area contributed by atoms with Gasteiger partial charge in [0.05, 0.1) is 5.39 Å². The van der Waals surface area contributed by atoms with Crippen molar-refractivity contribution in [3.63, 3.8) is 0 Å². The fourth-order valence-corrected chi connectivity index (χ4v) is 3.71. The Labute approximate surface area is 144 Å². The van der Waals surface area contributed by atoms with E-state index < -0.39 is 11.6 Å². The smallest absolute Gasteiger partial charge is 0.145 e. The van der Waals surface area contributed by atoms with E-state index >= 15 is 0 Å². The number of aromatic nitrogens is 3. The van der Waals surface area contributed by atoms with Crippen LogP contribution in [0, 0.1) is 17.6 Å². The van der Waals surface area contributed by atoms with E-state index in [2.05, 4.69) is 26.8 Å². The fourth-order valence-electron chi connectivity index (χ4n) is 3.71. The molecule has 0 unspecified atom stereocenters. The van der Waals surface area contributed by atoms with E-state index in [-0.39, 0.29) is 12.1 Å². The van der Waals surface area contributed by atoms with E-state index in [1.807, 2.05) is 12.3 Å². The maximum Gasteiger partial charge on any atom is 0.145 e. The highest BCUT2D eigenvalue weighted by atomic mass is 19.1. The minimum atomic E-state index is -0.560. The molecular formula is C19H20F2N4. The maximum atomic E-state index is 13.8. The molecule has 25 heavy (non-hydrogen) atoms. The minimum Gasteiger partial charge on any atom is -0.365 e. The number of nitrogens with zero attached hydrogens (tertiary/aromatic N) is 3. The first-order chi connectivity index (χ1) is 12.1. The molecule has 0 aliphatic heterocycles. The summed E-state index contributed by atoms with van der Waals surface area (Å²) in [5, 5.41) is 3.93. The van der Waals surface area contributed by atoms with Gasteiger partial charge in [-0.1, -0.05) is 13.0 Å². The lowest BCUT2D eigenvalue weighted by Crippen LogP contribution is -2.08. The summed E-state index contributed by atoms with van der Waals surface area (Å²) >= 11 is 0. The first kappa shape index (κ1) is 16.0. The Bertz CT molecular complexity index is 885. The van der Waals surface area contributed by atoms with Gasteiger partial charge in [-0.15, -0.1) is 0 Å². The summed E-state index contributed by atoms with van der Waals surface area (Å²) in [4.78, 5) is 8.68. The van der Waals surface area contributed by atoms with Gasteiger partial charge in [-0.05, 0) is 43.4 Å². The average molecular weight is 342 g/mol. The summed E-state index contributed by atoms with van der Waals surface area (Å²) in [7, 11) is 0. The summed E-state index contributed by atoms with van der Waals surface area (Å²) in [5.74, 6) is 0.203. The molecule has 4 rings (SSSR count). The van der Waals surface area contributed by atoms with Crippen molar-refractivity contribution in [2.45, 2.75) is 38.8 Å². The van der Waals surface area contributed by atoms with Crippen LogP contribution in [0.2, 0.25) is 0 Å². The van der Waals surface area contributed by atoms with Gasteiger partial charge in [0.1, 0.15) is 29.4 Å². The van der Waals surface area contributed by atoms with E-state index in [9.17, 15) is 8.78 Å². The molecule has 1 saturated carbocycles. The van der Waals surface area contributed by atoms with Crippen molar-refractivity contribution in [1.29, 1.82) is 0 Å². The van der Waals surface area contributed by atoms with Gasteiger partial charge in [-0.2, -0.15) is 0 Å². The quantitative estimate of drug-likeness (QED) is 0.748. The third kappa shape index (κ3) is 2.97. The predicted molar refractivity (Wildman–Crippen MR) is 93.3 cm³/mol. The molecule has 0 amide bonds. The molecule has 0 bridgehead atoms. The number of hydrogen-bond acceptors (Lipinski definition) is 3. The van der Waals surface area contributed by atoms with E-state index in [1.54, 1.807) is 0 Å². The molecule has 1 aromatic carbocycles. The molecule has 1 N–H and O–H groups in total. The summed E-state index contributed by atoms with van der Waals surface area (Å²) in [6.07, 6.45) is 7.07. The van der Waals surface area contributed by atoms with Crippen LogP contribution in [0.25, 0.3) is 11.0 Å². The molecule has 1 aliphatic rings. The number of hydrogen-bond donors (Lipinski definition) is 1. The number of benzene rings is 1. The van der Waals surface area contributed by atoms with Gasteiger partial charge < -0.3 is 9.88 Å². The van der Waals surface area contributed by atoms with Crippen molar-refractivity contribution >= 4 is 16.9 Å². The Morgan fingerprint density at radius 2 is 1.96 bits per heavy atom. The van der Waals surface area contributed by atoms with E-state index in [0.717, 1.165) is 29.8 Å². The summed E-state index contributed by atoms with van der Waals surface area (Å²) in [6, 6.07) is 6.30. The Hall–Kier alpha value is -2.50. The predicted octanol–water partition coefficient (Wildman–Crippen LogP) is 4.68. The summed E-state index contributed by atoms with van der Waals surface area (Å²) < 4.78 is 29.8. The van der Waals surface area contributed by atoms with E-state index in [4.69, 9.17) is 0 Å². The van der Waals surface area contributed by atoms with Crippen molar-refractivity contribution in [1.82, 2.24) is 14.5 Å². The van der Waals surface area contributed by atoms with Crippen molar-refractivity contribution in [2.75, 3.05) is 5.32 Å². The molecule has 1 fully saturated rings. The average Bonchev–Trinajstić information content (AvgIpc) is 3.20. The SMILES string of the molecule is C[C@H]1CC[C@H](n2ccc3c(NCc4c(F)cccc4F)ncnc32)C1. The molecule has 2 heterocycles. The van der Waals surface area contributed by atoms with Crippen LogP contribution in [0.4, 0.5) is 14.6 Å². The molecule has 130 valence electrons. The molecule has 4 nitrogen and oxygen atoms in total. The molecule has 0 radical (unpaired) electrons. The molecular weight excluding hydrogens is 322 g/mol. The van der Waals surface area contributed by atoms with Crippen molar-refractivity contribution in [3.8, 4) is 0 Å². The topological polar surface area (TPSA) is 42.7 Å². The van der Waals surface area contributed by atoms with Gasteiger partial charge in [0.25, 0.3) is 0 Å². The number of rotatable bonds is 4. The van der Waals surface area contributed by atoms with Crippen molar-refractivity contribution in [2.24, 2.45) is 5.92 Å². The molecule has 2 aromatic heterocycles. The van der Waals surface area contributed by atoms with Crippen LogP contribution in [0.5, 0.6) is 0 Å². The normalized spacial score (nSPS) is 20.3. The van der Waals surface area contributed by atoms with Crippen LogP contribution in [0.3, 0.4) is 0 Å². The largest absolute Gasteiger partial charge is 0.365 e. The summed E-state index contributed by atoms with van der Waals surface area (Å²) in [5.41, 5.74) is 0.879. The van der Waals surface area contributed by atoms with E-state index in [0.29, 0.717) is 11.9 Å². The minimum absolute atomic E-state index is 0.0123. The van der Waals surface area contributed by atoms with Gasteiger partial charge in [0, 0.05) is 24.3 Å². The maximum absolute atomic E-state index is 13.8. The number of fused-ring (bicyclic) bond motifs is 1. The Morgan fingerprint density at radius 1 is 1.16 bits per heavy atom. The third-order valence-corrected chi connectivity index (χ3v) is 5.06. The van der Waals surface area contributed by atoms with E-state index in [1.165, 1.54) is 30.9 Å². The highest BCUT2D eigenvalue weighted by Crippen LogP contribution is 2.36. The van der Waals surface area contributed by atoms with Gasteiger partial charge >= 0.3 is 0 Å². The second-order valence-corrected chi connectivity index (χ2v) is 6.81. The van der Waals surface area contributed by atoms with Crippen LogP contribution in [0.1, 0.15) is 37.8 Å².